The first-order valence-electron chi connectivity index (χ1n) is 7.81. The molecule has 0 aromatic heterocycles. The van der Waals surface area contributed by atoms with Gasteiger partial charge in [-0.1, -0.05) is 30.3 Å². The maximum Gasteiger partial charge on any atom is 0.319 e. The first-order chi connectivity index (χ1) is 12.2. The number of anilines is 1. The number of nitrogens with one attached hydrogen (secondary N) is 2. The van der Waals surface area contributed by atoms with E-state index in [0.717, 1.165) is 11.3 Å². The van der Waals surface area contributed by atoms with Gasteiger partial charge in [-0.3, -0.25) is 0 Å². The minimum absolute atomic E-state index is 0.281. The number of hydrogen-bond acceptors (Lipinski definition) is 2. The maximum atomic E-state index is 12.9. The second-order valence-corrected chi connectivity index (χ2v) is 5.38. The van der Waals surface area contributed by atoms with Gasteiger partial charge in [-0.15, -0.1) is 0 Å². The molecule has 4 nitrogen and oxygen atoms in total. The van der Waals surface area contributed by atoms with Crippen molar-refractivity contribution >= 4 is 11.7 Å². The summed E-state index contributed by atoms with van der Waals surface area (Å²) in [6.45, 7) is 0.360. The SMILES string of the molecule is O=C(NCc1cccc(Oc2ccc(F)cc2)c1)Nc1ccccc1. The summed E-state index contributed by atoms with van der Waals surface area (Å²) in [5.74, 6) is 0.859. The Morgan fingerprint density at radius 3 is 2.40 bits per heavy atom. The molecule has 0 aliphatic carbocycles. The Labute approximate surface area is 145 Å². The van der Waals surface area contributed by atoms with Gasteiger partial charge in [0.2, 0.25) is 0 Å². The van der Waals surface area contributed by atoms with Crippen LogP contribution in [0.1, 0.15) is 5.56 Å². The standard InChI is InChI=1S/C20H17FN2O2/c21-16-9-11-18(12-10-16)25-19-8-4-5-15(13-19)14-22-20(24)23-17-6-2-1-3-7-17/h1-13H,14H2,(H2,22,23,24). The van der Waals surface area contributed by atoms with Crippen molar-refractivity contribution < 1.29 is 13.9 Å². The molecule has 0 atom stereocenters. The Morgan fingerprint density at radius 1 is 0.880 bits per heavy atom. The number of carbonyl (C=O) groups is 1. The number of halogens is 1. The number of carbonyl (C=O) groups excluding carboxylic acids is 1. The van der Waals surface area contributed by atoms with Crippen LogP contribution in [0.5, 0.6) is 11.5 Å². The van der Waals surface area contributed by atoms with Crippen LogP contribution in [0.3, 0.4) is 0 Å². The van der Waals surface area contributed by atoms with Gasteiger partial charge < -0.3 is 15.4 Å². The fraction of sp³-hybridized carbons (Fsp3) is 0.0500. The molecule has 0 radical (unpaired) electrons. The summed E-state index contributed by atoms with van der Waals surface area (Å²) in [7, 11) is 0. The average molecular weight is 336 g/mol. The molecule has 0 bridgehead atoms. The predicted molar refractivity (Wildman–Crippen MR) is 95.2 cm³/mol. The number of urea groups is 1. The van der Waals surface area contributed by atoms with Crippen molar-refractivity contribution in [3.63, 3.8) is 0 Å². The highest BCUT2D eigenvalue weighted by molar-refractivity contribution is 5.89. The summed E-state index contributed by atoms with van der Waals surface area (Å²) in [4.78, 5) is 11.9. The van der Waals surface area contributed by atoms with Gasteiger partial charge in [0.25, 0.3) is 0 Å². The molecule has 3 aromatic carbocycles. The zero-order chi connectivity index (χ0) is 17.5. The van der Waals surface area contributed by atoms with Crippen LogP contribution in [0.15, 0.2) is 78.9 Å². The third kappa shape index (κ3) is 5.07. The van der Waals surface area contributed by atoms with Crippen molar-refractivity contribution in [2.75, 3.05) is 5.32 Å². The third-order valence-corrected chi connectivity index (χ3v) is 3.43. The fourth-order valence-corrected chi connectivity index (χ4v) is 2.24. The Balaban J connectivity index is 1.56. The van der Waals surface area contributed by atoms with Crippen LogP contribution in [0, 0.1) is 5.82 Å². The van der Waals surface area contributed by atoms with E-state index in [-0.39, 0.29) is 11.8 Å². The van der Waals surface area contributed by atoms with Crippen LogP contribution in [0.2, 0.25) is 0 Å². The summed E-state index contributed by atoms with van der Waals surface area (Å²) < 4.78 is 18.6. The van der Waals surface area contributed by atoms with Crippen molar-refractivity contribution in [2.45, 2.75) is 6.54 Å². The van der Waals surface area contributed by atoms with Crippen molar-refractivity contribution in [1.29, 1.82) is 0 Å². The molecule has 5 heteroatoms. The Kier molecular flexibility index (Phi) is 5.26. The highest BCUT2D eigenvalue weighted by atomic mass is 19.1. The monoisotopic (exact) mass is 336 g/mol. The van der Waals surface area contributed by atoms with Gasteiger partial charge in [0.1, 0.15) is 17.3 Å². The molecular formula is C20H17FN2O2. The molecular weight excluding hydrogens is 319 g/mol. The van der Waals surface area contributed by atoms with Gasteiger partial charge in [-0.25, -0.2) is 9.18 Å². The highest BCUT2D eigenvalue weighted by Crippen LogP contribution is 2.22. The molecule has 0 aliphatic heterocycles. The number of rotatable bonds is 5. The van der Waals surface area contributed by atoms with Crippen molar-refractivity contribution in [3.05, 3.63) is 90.2 Å². The molecule has 126 valence electrons. The van der Waals surface area contributed by atoms with Gasteiger partial charge in [0, 0.05) is 12.2 Å². The summed E-state index contributed by atoms with van der Waals surface area (Å²) in [5.41, 5.74) is 1.62. The van der Waals surface area contributed by atoms with E-state index in [2.05, 4.69) is 10.6 Å². The molecule has 0 saturated carbocycles. The molecule has 3 rings (SSSR count). The Hall–Kier alpha value is -3.34. The maximum absolute atomic E-state index is 12.9. The van der Waals surface area contributed by atoms with Crippen molar-refractivity contribution in [1.82, 2.24) is 5.32 Å². The summed E-state index contributed by atoms with van der Waals surface area (Å²) in [6, 6.07) is 22.1. The van der Waals surface area contributed by atoms with Crippen LogP contribution >= 0.6 is 0 Å². The lowest BCUT2D eigenvalue weighted by Crippen LogP contribution is -2.28. The summed E-state index contributed by atoms with van der Waals surface area (Å²) in [5, 5.41) is 5.55. The number of benzene rings is 3. The highest BCUT2D eigenvalue weighted by Gasteiger charge is 2.03. The number of amides is 2. The van der Waals surface area contributed by atoms with E-state index in [1.165, 1.54) is 12.1 Å². The summed E-state index contributed by atoms with van der Waals surface area (Å²) in [6.07, 6.45) is 0. The number of hydrogen-bond donors (Lipinski definition) is 2. The van der Waals surface area contributed by atoms with E-state index < -0.39 is 0 Å². The van der Waals surface area contributed by atoms with Crippen molar-refractivity contribution in [2.24, 2.45) is 0 Å². The molecule has 0 aliphatic rings. The zero-order valence-electron chi connectivity index (χ0n) is 13.4. The first-order valence-corrected chi connectivity index (χ1v) is 7.81. The fourth-order valence-electron chi connectivity index (χ4n) is 2.24. The Morgan fingerprint density at radius 2 is 1.64 bits per heavy atom. The lowest BCUT2D eigenvalue weighted by Gasteiger charge is -2.10. The van der Waals surface area contributed by atoms with E-state index in [1.807, 2.05) is 48.5 Å². The molecule has 0 unspecified atom stereocenters. The molecule has 0 saturated heterocycles. The van der Waals surface area contributed by atoms with E-state index >= 15 is 0 Å². The van der Waals surface area contributed by atoms with Gasteiger partial charge >= 0.3 is 6.03 Å². The van der Waals surface area contributed by atoms with E-state index in [4.69, 9.17) is 4.74 Å². The predicted octanol–water partition coefficient (Wildman–Crippen LogP) is 4.94. The lowest BCUT2D eigenvalue weighted by atomic mass is 10.2. The van der Waals surface area contributed by atoms with E-state index in [0.29, 0.717) is 18.0 Å². The quantitative estimate of drug-likeness (QED) is 0.693. The topological polar surface area (TPSA) is 50.4 Å². The number of ether oxygens (including phenoxy) is 1. The molecule has 0 fully saturated rings. The van der Waals surface area contributed by atoms with Crippen LogP contribution in [0.4, 0.5) is 14.9 Å². The lowest BCUT2D eigenvalue weighted by molar-refractivity contribution is 0.251. The molecule has 0 spiro atoms. The minimum Gasteiger partial charge on any atom is -0.457 e. The van der Waals surface area contributed by atoms with Gasteiger partial charge in [0.15, 0.2) is 0 Å². The smallest absolute Gasteiger partial charge is 0.319 e. The molecule has 0 heterocycles. The van der Waals surface area contributed by atoms with Crippen LogP contribution < -0.4 is 15.4 Å². The van der Waals surface area contributed by atoms with E-state index in [9.17, 15) is 9.18 Å². The van der Waals surface area contributed by atoms with Crippen LogP contribution in [-0.2, 0) is 6.54 Å². The Bertz CT molecular complexity index is 836. The first kappa shape index (κ1) is 16.5. The van der Waals surface area contributed by atoms with Crippen molar-refractivity contribution in [3.8, 4) is 11.5 Å². The molecule has 2 N–H and O–H groups in total. The second kappa shape index (κ2) is 7.97. The molecule has 3 aromatic rings. The normalized spacial score (nSPS) is 10.1. The zero-order valence-corrected chi connectivity index (χ0v) is 13.4. The summed E-state index contributed by atoms with van der Waals surface area (Å²) >= 11 is 0. The van der Waals surface area contributed by atoms with E-state index in [1.54, 1.807) is 18.2 Å². The average Bonchev–Trinajstić information content (AvgIpc) is 2.63. The number of para-hydroxylation sites is 1. The molecule has 25 heavy (non-hydrogen) atoms. The third-order valence-electron chi connectivity index (χ3n) is 3.43. The van der Waals surface area contributed by atoms with Gasteiger partial charge in [-0.2, -0.15) is 0 Å². The van der Waals surface area contributed by atoms with Crippen LogP contribution in [-0.4, -0.2) is 6.03 Å². The van der Waals surface area contributed by atoms with Gasteiger partial charge in [0.05, 0.1) is 0 Å². The minimum atomic E-state index is -0.310. The van der Waals surface area contributed by atoms with Gasteiger partial charge in [-0.05, 0) is 54.1 Å². The van der Waals surface area contributed by atoms with Crippen LogP contribution in [0.25, 0.3) is 0 Å². The largest absolute Gasteiger partial charge is 0.457 e. The second-order valence-electron chi connectivity index (χ2n) is 5.38. The molecule has 2 amide bonds.